The van der Waals surface area contributed by atoms with E-state index >= 15 is 0 Å². The Morgan fingerprint density at radius 1 is 1.32 bits per heavy atom. The molecule has 1 unspecified atom stereocenters. The lowest BCUT2D eigenvalue weighted by Gasteiger charge is -2.17. The van der Waals surface area contributed by atoms with Crippen molar-refractivity contribution in [3.8, 4) is 0 Å². The molecule has 1 aliphatic heterocycles. The summed E-state index contributed by atoms with van der Waals surface area (Å²) in [6.45, 7) is 0.896. The number of aromatic nitrogens is 1. The Hall–Kier alpha value is -1.75. The number of hydrogen-bond acceptors (Lipinski definition) is 5. The highest BCUT2D eigenvalue weighted by Crippen LogP contribution is 2.21. The molecule has 0 spiro atoms. The summed E-state index contributed by atoms with van der Waals surface area (Å²) in [5.41, 5.74) is 1.23. The summed E-state index contributed by atoms with van der Waals surface area (Å²) in [5, 5.41) is 4.48. The smallest absolute Gasteiger partial charge is 0.157 e. The van der Waals surface area contributed by atoms with Crippen LogP contribution in [0.4, 0.5) is 0 Å². The predicted octanol–water partition coefficient (Wildman–Crippen LogP) is 2.65. The molecule has 0 fully saturated rings. The lowest BCUT2D eigenvalue weighted by Crippen LogP contribution is -2.26. The minimum Gasteiger partial charge on any atom is -0.467 e. The van der Waals surface area contributed by atoms with Gasteiger partial charge in [-0.15, -0.1) is 0 Å². The van der Waals surface area contributed by atoms with E-state index < -0.39 is 0 Å². The van der Waals surface area contributed by atoms with Gasteiger partial charge in [-0.05, 0) is 36.2 Å². The number of hydrogen-bond donors (Lipinski definition) is 1. The predicted molar refractivity (Wildman–Crippen MR) is 77.3 cm³/mol. The van der Waals surface area contributed by atoms with Crippen LogP contribution in [-0.2, 0) is 6.42 Å². The van der Waals surface area contributed by atoms with Crippen LogP contribution in [0.3, 0.4) is 0 Å². The van der Waals surface area contributed by atoms with Crippen molar-refractivity contribution in [1.29, 1.82) is 0 Å². The van der Waals surface area contributed by atoms with Crippen LogP contribution in [0.1, 0.15) is 17.4 Å². The molecule has 3 rings (SSSR count). The molecular weight excluding hydrogens is 258 g/mol. The number of amidine groups is 1. The van der Waals surface area contributed by atoms with Gasteiger partial charge in [0.05, 0.1) is 18.8 Å². The van der Waals surface area contributed by atoms with Gasteiger partial charge in [0.2, 0.25) is 0 Å². The number of thioether (sulfide) groups is 1. The Labute approximate surface area is 116 Å². The van der Waals surface area contributed by atoms with Crippen molar-refractivity contribution in [2.75, 3.05) is 12.3 Å². The Balaban J connectivity index is 1.76. The lowest BCUT2D eigenvalue weighted by atomic mass is 10.1. The third-order valence-corrected chi connectivity index (χ3v) is 3.87. The maximum Gasteiger partial charge on any atom is 0.157 e. The number of rotatable bonds is 4. The van der Waals surface area contributed by atoms with Crippen LogP contribution < -0.4 is 5.32 Å². The van der Waals surface area contributed by atoms with Crippen molar-refractivity contribution in [2.24, 2.45) is 4.99 Å². The molecule has 0 saturated carbocycles. The summed E-state index contributed by atoms with van der Waals surface area (Å²) in [5.74, 6) is 2.00. The molecule has 1 N–H and O–H groups in total. The quantitative estimate of drug-likeness (QED) is 0.930. The molecular formula is C14H15N3OS. The highest BCUT2D eigenvalue weighted by atomic mass is 32.2. The van der Waals surface area contributed by atoms with Gasteiger partial charge in [0.25, 0.3) is 0 Å². The fourth-order valence-electron chi connectivity index (χ4n) is 2.04. The van der Waals surface area contributed by atoms with Crippen LogP contribution in [-0.4, -0.2) is 22.4 Å². The highest BCUT2D eigenvalue weighted by molar-refractivity contribution is 8.14. The molecule has 5 heteroatoms. The molecule has 0 aliphatic carbocycles. The lowest BCUT2D eigenvalue weighted by molar-refractivity contribution is 0.446. The van der Waals surface area contributed by atoms with Crippen LogP contribution in [0.2, 0.25) is 0 Å². The van der Waals surface area contributed by atoms with Gasteiger partial charge >= 0.3 is 0 Å². The third-order valence-electron chi connectivity index (χ3n) is 2.96. The van der Waals surface area contributed by atoms with Gasteiger partial charge in [-0.3, -0.25) is 9.98 Å². The Morgan fingerprint density at radius 3 is 2.89 bits per heavy atom. The Bertz CT molecular complexity index is 539. The van der Waals surface area contributed by atoms with E-state index in [0.29, 0.717) is 0 Å². The van der Waals surface area contributed by atoms with Crippen LogP contribution in [0.5, 0.6) is 0 Å². The van der Waals surface area contributed by atoms with E-state index in [4.69, 9.17) is 4.42 Å². The molecule has 0 amide bonds. The van der Waals surface area contributed by atoms with E-state index in [2.05, 4.69) is 15.3 Å². The first-order valence-electron chi connectivity index (χ1n) is 6.28. The zero-order valence-corrected chi connectivity index (χ0v) is 11.3. The fourth-order valence-corrected chi connectivity index (χ4v) is 2.82. The molecule has 4 nitrogen and oxygen atoms in total. The standard InChI is InChI=1S/C14H15N3OS/c1-2-13(18-8-1)12(17-14-16-7-9-19-14)10-11-3-5-15-6-4-11/h1-6,8,12H,7,9-10H2,(H,16,17). The number of nitrogens with zero attached hydrogens (tertiary/aromatic N) is 2. The Kier molecular flexibility index (Phi) is 3.83. The number of aliphatic imine (C=N–C) groups is 1. The SMILES string of the molecule is c1coc(C(Cc2ccncc2)NC2=NCCS2)c1. The number of nitrogens with one attached hydrogen (secondary N) is 1. The first-order valence-corrected chi connectivity index (χ1v) is 7.26. The van der Waals surface area contributed by atoms with Crippen molar-refractivity contribution < 1.29 is 4.42 Å². The zero-order chi connectivity index (χ0) is 12.9. The second-order valence-corrected chi connectivity index (χ2v) is 5.39. The zero-order valence-electron chi connectivity index (χ0n) is 10.5. The van der Waals surface area contributed by atoms with Crippen molar-refractivity contribution in [3.05, 3.63) is 54.2 Å². The largest absolute Gasteiger partial charge is 0.467 e. The third kappa shape index (κ3) is 3.17. The molecule has 2 aromatic heterocycles. The molecule has 0 aromatic carbocycles. The average Bonchev–Trinajstić information content (AvgIpc) is 3.12. The molecule has 1 aliphatic rings. The summed E-state index contributed by atoms with van der Waals surface area (Å²) < 4.78 is 5.54. The minimum absolute atomic E-state index is 0.113. The first-order chi connectivity index (χ1) is 9.42. The van der Waals surface area contributed by atoms with Crippen molar-refractivity contribution in [1.82, 2.24) is 10.3 Å². The molecule has 0 saturated heterocycles. The Morgan fingerprint density at radius 2 is 2.21 bits per heavy atom. The van der Waals surface area contributed by atoms with Crippen molar-refractivity contribution in [2.45, 2.75) is 12.5 Å². The molecule has 2 aromatic rings. The van der Waals surface area contributed by atoms with Crippen LogP contribution in [0, 0.1) is 0 Å². The second-order valence-electron chi connectivity index (χ2n) is 4.31. The van der Waals surface area contributed by atoms with E-state index in [0.717, 1.165) is 29.6 Å². The summed E-state index contributed by atoms with van der Waals surface area (Å²) in [7, 11) is 0. The van der Waals surface area contributed by atoms with Crippen LogP contribution in [0.15, 0.2) is 52.3 Å². The van der Waals surface area contributed by atoms with Crippen molar-refractivity contribution >= 4 is 16.9 Å². The van der Waals surface area contributed by atoms with Gasteiger partial charge in [-0.2, -0.15) is 0 Å². The molecule has 98 valence electrons. The fraction of sp³-hybridized carbons (Fsp3) is 0.286. The molecule has 0 radical (unpaired) electrons. The summed E-state index contributed by atoms with van der Waals surface area (Å²) in [4.78, 5) is 8.49. The van der Waals surface area contributed by atoms with Crippen LogP contribution >= 0.6 is 11.8 Å². The van der Waals surface area contributed by atoms with Gasteiger partial charge in [0.15, 0.2) is 5.17 Å². The second kappa shape index (κ2) is 5.93. The molecule has 3 heterocycles. The van der Waals surface area contributed by atoms with Gasteiger partial charge in [0.1, 0.15) is 5.76 Å². The summed E-state index contributed by atoms with van der Waals surface area (Å²) in [6, 6.07) is 8.09. The number of furan rings is 1. The van der Waals surface area contributed by atoms with Gasteiger partial charge in [0, 0.05) is 18.1 Å². The van der Waals surface area contributed by atoms with Gasteiger partial charge < -0.3 is 9.73 Å². The average molecular weight is 273 g/mol. The first kappa shape index (κ1) is 12.3. The van der Waals surface area contributed by atoms with Gasteiger partial charge in [-0.1, -0.05) is 11.8 Å². The number of pyridine rings is 1. The van der Waals surface area contributed by atoms with E-state index in [-0.39, 0.29) is 6.04 Å². The minimum atomic E-state index is 0.113. The maximum absolute atomic E-state index is 5.54. The van der Waals surface area contributed by atoms with Crippen LogP contribution in [0.25, 0.3) is 0 Å². The van der Waals surface area contributed by atoms with Gasteiger partial charge in [-0.25, -0.2) is 0 Å². The summed E-state index contributed by atoms with van der Waals surface area (Å²) in [6.07, 6.45) is 6.20. The topological polar surface area (TPSA) is 50.4 Å². The molecule has 1 atom stereocenters. The normalized spacial score (nSPS) is 16.1. The molecule has 19 heavy (non-hydrogen) atoms. The van der Waals surface area contributed by atoms with E-state index in [1.807, 2.05) is 36.7 Å². The van der Waals surface area contributed by atoms with E-state index in [9.17, 15) is 0 Å². The van der Waals surface area contributed by atoms with Crippen molar-refractivity contribution in [3.63, 3.8) is 0 Å². The molecule has 0 bridgehead atoms. The highest BCUT2D eigenvalue weighted by Gasteiger charge is 2.18. The maximum atomic E-state index is 5.54. The summed E-state index contributed by atoms with van der Waals surface area (Å²) >= 11 is 1.76. The monoisotopic (exact) mass is 273 g/mol. The van der Waals surface area contributed by atoms with E-state index in [1.165, 1.54) is 5.56 Å². The van der Waals surface area contributed by atoms with E-state index in [1.54, 1.807) is 18.0 Å².